The number of anilines is 2. The Balaban J connectivity index is 1.78. The molecule has 0 aliphatic heterocycles. The second-order valence-corrected chi connectivity index (χ2v) is 9.10. The number of benzene rings is 1. The van der Waals surface area contributed by atoms with Gasteiger partial charge in [-0.25, -0.2) is 0 Å². The van der Waals surface area contributed by atoms with Gasteiger partial charge in [0.2, 0.25) is 0 Å². The summed E-state index contributed by atoms with van der Waals surface area (Å²) in [6.07, 6.45) is 3.05. The zero-order valence-corrected chi connectivity index (χ0v) is 16.8. The Morgan fingerprint density at radius 3 is 2.62 bits per heavy atom. The molecule has 3 rings (SSSR count). The Hall–Kier alpha value is -2.01. The van der Waals surface area contributed by atoms with Crippen LogP contribution in [-0.4, -0.2) is 12.5 Å². The van der Waals surface area contributed by atoms with Crippen LogP contribution < -0.4 is 15.8 Å². The fourth-order valence-corrected chi connectivity index (χ4v) is 4.79. The lowest BCUT2D eigenvalue weighted by Gasteiger charge is -2.33. The number of thiophene rings is 1. The third-order valence-electron chi connectivity index (χ3n) is 5.17. The maximum atomic E-state index is 12.8. The first-order chi connectivity index (χ1) is 12.3. The number of ether oxygens (including phenoxy) is 1. The molecule has 1 aliphatic carbocycles. The van der Waals surface area contributed by atoms with Gasteiger partial charge in [-0.05, 0) is 67.3 Å². The van der Waals surface area contributed by atoms with Crippen molar-refractivity contribution in [2.45, 2.75) is 47.0 Å². The molecule has 0 saturated carbocycles. The summed E-state index contributed by atoms with van der Waals surface area (Å²) in [5.74, 6) is 1.32. The highest BCUT2D eigenvalue weighted by Gasteiger charge is 2.33. The maximum absolute atomic E-state index is 12.8. The SMILES string of the molecule is CCOc1ccc(NC(=O)c2c(N)sc3c2CC[C@H](C(C)(C)C)C3)cc1. The van der Waals surface area contributed by atoms with Crippen LogP contribution in [0.3, 0.4) is 0 Å². The Kier molecular flexibility index (Phi) is 5.28. The molecule has 1 aliphatic rings. The highest BCUT2D eigenvalue weighted by molar-refractivity contribution is 7.16. The molecule has 1 amide bonds. The number of nitrogens with two attached hydrogens (primary N) is 1. The molecule has 1 aromatic carbocycles. The standard InChI is InChI=1S/C21H28N2O2S/c1-5-25-15-9-7-14(8-10-15)23-20(24)18-16-11-6-13(21(2,3)4)12-17(16)26-19(18)22/h7-10,13H,5-6,11-12,22H2,1-4H3,(H,23,24)/t13-/m0/s1. The molecule has 2 aromatic rings. The lowest BCUT2D eigenvalue weighted by molar-refractivity contribution is 0.102. The number of amides is 1. The van der Waals surface area contributed by atoms with Gasteiger partial charge in [-0.1, -0.05) is 20.8 Å². The highest BCUT2D eigenvalue weighted by Crippen LogP contribution is 2.43. The van der Waals surface area contributed by atoms with E-state index in [2.05, 4.69) is 26.1 Å². The topological polar surface area (TPSA) is 64.3 Å². The number of hydrogen-bond donors (Lipinski definition) is 2. The van der Waals surface area contributed by atoms with Crippen molar-refractivity contribution in [2.24, 2.45) is 11.3 Å². The molecule has 0 radical (unpaired) electrons. The van der Waals surface area contributed by atoms with Crippen LogP contribution in [0.15, 0.2) is 24.3 Å². The third-order valence-corrected chi connectivity index (χ3v) is 6.25. The summed E-state index contributed by atoms with van der Waals surface area (Å²) in [6, 6.07) is 7.43. The smallest absolute Gasteiger partial charge is 0.258 e. The van der Waals surface area contributed by atoms with Gasteiger partial charge in [-0.3, -0.25) is 4.79 Å². The van der Waals surface area contributed by atoms with Crippen molar-refractivity contribution in [3.8, 4) is 5.75 Å². The van der Waals surface area contributed by atoms with E-state index in [-0.39, 0.29) is 11.3 Å². The minimum atomic E-state index is -0.113. The predicted octanol–water partition coefficient (Wildman–Crippen LogP) is 5.13. The molecule has 0 bridgehead atoms. The first-order valence-corrected chi connectivity index (χ1v) is 10.1. The third kappa shape index (κ3) is 3.88. The van der Waals surface area contributed by atoms with Crippen LogP contribution in [-0.2, 0) is 12.8 Å². The van der Waals surface area contributed by atoms with Gasteiger partial charge in [-0.15, -0.1) is 11.3 Å². The van der Waals surface area contributed by atoms with Crippen molar-refractivity contribution in [3.05, 3.63) is 40.3 Å². The molecule has 0 saturated heterocycles. The number of carbonyl (C=O) groups is 1. The first kappa shape index (κ1) is 18.8. The van der Waals surface area contributed by atoms with Gasteiger partial charge in [0.25, 0.3) is 5.91 Å². The van der Waals surface area contributed by atoms with Gasteiger partial charge in [0, 0.05) is 10.6 Å². The molecular weight excluding hydrogens is 344 g/mol. The Morgan fingerprint density at radius 2 is 2.00 bits per heavy atom. The van der Waals surface area contributed by atoms with Crippen molar-refractivity contribution in [1.29, 1.82) is 0 Å². The van der Waals surface area contributed by atoms with Crippen LogP contribution in [0.25, 0.3) is 0 Å². The average Bonchev–Trinajstić information content (AvgIpc) is 2.91. The first-order valence-electron chi connectivity index (χ1n) is 9.23. The van der Waals surface area contributed by atoms with Gasteiger partial charge in [-0.2, -0.15) is 0 Å². The normalized spacial score (nSPS) is 16.8. The summed E-state index contributed by atoms with van der Waals surface area (Å²) in [7, 11) is 0. The van der Waals surface area contributed by atoms with Crippen LogP contribution in [0, 0.1) is 11.3 Å². The molecule has 1 aromatic heterocycles. The van der Waals surface area contributed by atoms with Crippen molar-refractivity contribution in [2.75, 3.05) is 17.7 Å². The summed E-state index contributed by atoms with van der Waals surface area (Å²) in [6.45, 7) is 9.44. The number of fused-ring (bicyclic) bond motifs is 1. The number of nitrogens with one attached hydrogen (secondary N) is 1. The molecule has 3 N–H and O–H groups in total. The number of hydrogen-bond acceptors (Lipinski definition) is 4. The van der Waals surface area contributed by atoms with Crippen molar-refractivity contribution in [1.82, 2.24) is 0 Å². The van der Waals surface area contributed by atoms with E-state index in [1.54, 1.807) is 11.3 Å². The van der Waals surface area contributed by atoms with Crippen molar-refractivity contribution < 1.29 is 9.53 Å². The number of carbonyl (C=O) groups excluding carboxylic acids is 1. The minimum Gasteiger partial charge on any atom is -0.494 e. The quantitative estimate of drug-likeness (QED) is 0.782. The number of rotatable bonds is 4. The summed E-state index contributed by atoms with van der Waals surface area (Å²) >= 11 is 1.58. The molecule has 5 heteroatoms. The van der Waals surface area contributed by atoms with E-state index in [1.807, 2.05) is 31.2 Å². The maximum Gasteiger partial charge on any atom is 0.258 e. The van der Waals surface area contributed by atoms with Gasteiger partial charge in [0.1, 0.15) is 5.75 Å². The molecular formula is C21H28N2O2S. The van der Waals surface area contributed by atoms with Crippen LogP contribution in [0.1, 0.15) is 54.9 Å². The Labute approximate surface area is 159 Å². The van der Waals surface area contributed by atoms with Crippen LogP contribution in [0.4, 0.5) is 10.7 Å². The van der Waals surface area contributed by atoms with Crippen LogP contribution in [0.2, 0.25) is 0 Å². The number of nitrogen functional groups attached to an aromatic ring is 1. The van der Waals surface area contributed by atoms with E-state index in [4.69, 9.17) is 10.5 Å². The summed E-state index contributed by atoms with van der Waals surface area (Å²) in [5, 5.41) is 3.61. The molecule has 4 nitrogen and oxygen atoms in total. The Morgan fingerprint density at radius 1 is 1.31 bits per heavy atom. The molecule has 1 atom stereocenters. The van der Waals surface area contributed by atoms with E-state index < -0.39 is 0 Å². The van der Waals surface area contributed by atoms with Gasteiger partial charge in [0.15, 0.2) is 0 Å². The molecule has 140 valence electrons. The lowest BCUT2D eigenvalue weighted by Crippen LogP contribution is -2.27. The zero-order chi connectivity index (χ0) is 18.9. The molecule has 1 heterocycles. The fraction of sp³-hybridized carbons (Fsp3) is 0.476. The zero-order valence-electron chi connectivity index (χ0n) is 16.0. The Bertz CT molecular complexity index is 788. The van der Waals surface area contributed by atoms with E-state index in [0.29, 0.717) is 23.1 Å². The highest BCUT2D eigenvalue weighted by atomic mass is 32.1. The molecule has 0 spiro atoms. The summed E-state index contributed by atoms with van der Waals surface area (Å²) < 4.78 is 5.44. The molecule has 0 unspecified atom stereocenters. The fourth-order valence-electron chi connectivity index (χ4n) is 3.59. The second kappa shape index (κ2) is 7.31. The van der Waals surface area contributed by atoms with Crippen LogP contribution >= 0.6 is 11.3 Å². The van der Waals surface area contributed by atoms with Gasteiger partial charge >= 0.3 is 0 Å². The van der Waals surface area contributed by atoms with Crippen LogP contribution in [0.5, 0.6) is 5.75 Å². The van der Waals surface area contributed by atoms with E-state index in [9.17, 15) is 4.79 Å². The average molecular weight is 373 g/mol. The van der Waals surface area contributed by atoms with E-state index in [0.717, 1.165) is 36.3 Å². The van der Waals surface area contributed by atoms with Crippen molar-refractivity contribution in [3.63, 3.8) is 0 Å². The van der Waals surface area contributed by atoms with Crippen molar-refractivity contribution >= 4 is 27.9 Å². The molecule has 26 heavy (non-hydrogen) atoms. The van der Waals surface area contributed by atoms with E-state index >= 15 is 0 Å². The summed E-state index contributed by atoms with van der Waals surface area (Å²) in [4.78, 5) is 14.1. The summed E-state index contributed by atoms with van der Waals surface area (Å²) in [5.41, 5.74) is 9.08. The van der Waals surface area contributed by atoms with Gasteiger partial charge < -0.3 is 15.8 Å². The minimum absolute atomic E-state index is 0.113. The van der Waals surface area contributed by atoms with Gasteiger partial charge in [0.05, 0.1) is 17.2 Å². The lowest BCUT2D eigenvalue weighted by atomic mass is 9.72. The molecule has 0 fully saturated rings. The largest absolute Gasteiger partial charge is 0.494 e. The van der Waals surface area contributed by atoms with E-state index in [1.165, 1.54) is 4.88 Å². The monoisotopic (exact) mass is 372 g/mol. The predicted molar refractivity (Wildman–Crippen MR) is 109 cm³/mol. The second-order valence-electron chi connectivity index (χ2n) is 7.96.